The lowest BCUT2D eigenvalue weighted by atomic mass is 10.2. The van der Waals surface area contributed by atoms with Gasteiger partial charge in [-0.1, -0.05) is 15.9 Å². The van der Waals surface area contributed by atoms with E-state index in [9.17, 15) is 9.36 Å². The quantitative estimate of drug-likeness (QED) is 0.363. The molecule has 1 heterocycles. The number of rotatable bonds is 9. The number of esters is 1. The summed E-state index contributed by atoms with van der Waals surface area (Å²) in [5.41, 5.74) is 0.927. The zero-order valence-corrected chi connectivity index (χ0v) is 14.9. The number of carbonyl (C=O) groups excluding carboxylic acids is 1. The second-order valence-electron chi connectivity index (χ2n) is 4.01. The highest BCUT2D eigenvalue weighted by Gasteiger charge is 2.29. The average molecular weight is 383 g/mol. The van der Waals surface area contributed by atoms with Crippen molar-refractivity contribution in [2.45, 2.75) is 32.3 Å². The van der Waals surface area contributed by atoms with Crippen molar-refractivity contribution in [2.24, 2.45) is 0 Å². The molecular weight excluding hydrogens is 363 g/mol. The standard InChI is InChI=1S/C13H20BrO6P/c1-4-17-13(15)11-8-18-12(10(11)7-14)9-21(16,19-5-2)20-6-3/h8H,4-7,9H2,1-3H3. The molecule has 0 aliphatic heterocycles. The van der Waals surface area contributed by atoms with Gasteiger partial charge < -0.3 is 18.2 Å². The maximum absolute atomic E-state index is 12.5. The number of carbonyl (C=O) groups is 1. The summed E-state index contributed by atoms with van der Waals surface area (Å²) in [6.07, 6.45) is 1.29. The molecule has 0 N–H and O–H groups in total. The van der Waals surface area contributed by atoms with Crippen LogP contribution >= 0.6 is 23.5 Å². The first kappa shape index (κ1) is 18.4. The molecule has 8 heteroatoms. The highest BCUT2D eigenvalue weighted by Crippen LogP contribution is 2.52. The molecule has 0 saturated heterocycles. The molecule has 1 aromatic heterocycles. The average Bonchev–Trinajstić information content (AvgIpc) is 2.81. The zero-order chi connectivity index (χ0) is 15.9. The molecule has 0 radical (unpaired) electrons. The SMILES string of the molecule is CCOC(=O)c1coc(CP(=O)(OCC)OCC)c1CBr. The van der Waals surface area contributed by atoms with E-state index in [-0.39, 0.29) is 26.0 Å². The second-order valence-corrected chi connectivity index (χ2v) is 6.62. The van der Waals surface area contributed by atoms with Gasteiger partial charge >= 0.3 is 13.6 Å². The van der Waals surface area contributed by atoms with Gasteiger partial charge in [-0.15, -0.1) is 0 Å². The van der Waals surface area contributed by atoms with Crippen LogP contribution < -0.4 is 0 Å². The molecular formula is C13H20BrO6P. The van der Waals surface area contributed by atoms with Crippen LogP contribution in [0.25, 0.3) is 0 Å². The number of hydrogen-bond acceptors (Lipinski definition) is 6. The summed E-state index contributed by atoms with van der Waals surface area (Å²) < 4.78 is 33.3. The third kappa shape index (κ3) is 4.95. The largest absolute Gasteiger partial charge is 0.467 e. The summed E-state index contributed by atoms with van der Waals surface area (Å²) in [5, 5.41) is 0.380. The molecule has 0 aromatic carbocycles. The Morgan fingerprint density at radius 1 is 1.24 bits per heavy atom. The van der Waals surface area contributed by atoms with Crippen molar-refractivity contribution in [1.82, 2.24) is 0 Å². The number of furan rings is 1. The molecule has 0 saturated carbocycles. The fraction of sp³-hybridized carbons (Fsp3) is 0.615. The van der Waals surface area contributed by atoms with Crippen molar-refractivity contribution in [3.63, 3.8) is 0 Å². The maximum Gasteiger partial charge on any atom is 0.341 e. The van der Waals surface area contributed by atoms with Crippen LogP contribution in [0.15, 0.2) is 10.7 Å². The Morgan fingerprint density at radius 2 is 1.86 bits per heavy atom. The molecule has 0 spiro atoms. The molecule has 120 valence electrons. The summed E-state index contributed by atoms with van der Waals surface area (Å²) in [6.45, 7) is 6.02. The molecule has 21 heavy (non-hydrogen) atoms. The van der Waals surface area contributed by atoms with Crippen molar-refractivity contribution in [3.05, 3.63) is 23.2 Å². The Hall–Kier alpha value is -0.620. The van der Waals surface area contributed by atoms with Gasteiger partial charge in [-0.3, -0.25) is 4.57 Å². The van der Waals surface area contributed by atoms with E-state index in [1.807, 2.05) is 0 Å². The molecule has 0 amide bonds. The van der Waals surface area contributed by atoms with Crippen LogP contribution in [-0.4, -0.2) is 25.8 Å². The van der Waals surface area contributed by atoms with E-state index in [0.29, 0.717) is 22.2 Å². The molecule has 0 unspecified atom stereocenters. The molecule has 1 rings (SSSR count). The number of halogens is 1. The van der Waals surface area contributed by atoms with Gasteiger partial charge in [-0.05, 0) is 20.8 Å². The van der Waals surface area contributed by atoms with Gasteiger partial charge in [0.2, 0.25) is 0 Å². The number of hydrogen-bond donors (Lipinski definition) is 0. The van der Waals surface area contributed by atoms with Crippen LogP contribution in [0.5, 0.6) is 0 Å². The lowest BCUT2D eigenvalue weighted by Gasteiger charge is -2.16. The Bertz CT molecular complexity index is 503. The van der Waals surface area contributed by atoms with Crippen molar-refractivity contribution in [1.29, 1.82) is 0 Å². The summed E-state index contributed by atoms with van der Waals surface area (Å²) in [4.78, 5) is 11.8. The predicted molar refractivity (Wildman–Crippen MR) is 81.9 cm³/mol. The van der Waals surface area contributed by atoms with Crippen molar-refractivity contribution in [3.8, 4) is 0 Å². The highest BCUT2D eigenvalue weighted by molar-refractivity contribution is 9.08. The van der Waals surface area contributed by atoms with Crippen molar-refractivity contribution >= 4 is 29.5 Å². The molecule has 0 aliphatic rings. The smallest absolute Gasteiger partial charge is 0.341 e. The van der Waals surface area contributed by atoms with E-state index < -0.39 is 13.6 Å². The molecule has 0 bridgehead atoms. The summed E-state index contributed by atoms with van der Waals surface area (Å²) in [7, 11) is -3.28. The van der Waals surface area contributed by atoms with Crippen LogP contribution in [0.2, 0.25) is 0 Å². The maximum atomic E-state index is 12.5. The van der Waals surface area contributed by atoms with Gasteiger partial charge in [0.25, 0.3) is 0 Å². The fourth-order valence-corrected chi connectivity index (χ4v) is 4.06. The van der Waals surface area contributed by atoms with Gasteiger partial charge in [0.05, 0.1) is 19.8 Å². The lowest BCUT2D eigenvalue weighted by molar-refractivity contribution is 0.0524. The number of ether oxygens (including phenoxy) is 1. The lowest BCUT2D eigenvalue weighted by Crippen LogP contribution is -2.06. The van der Waals surface area contributed by atoms with Crippen LogP contribution in [0.4, 0.5) is 0 Å². The third-order valence-electron chi connectivity index (χ3n) is 2.60. The predicted octanol–water partition coefficient (Wildman–Crippen LogP) is 4.12. The van der Waals surface area contributed by atoms with E-state index in [1.165, 1.54) is 6.26 Å². The van der Waals surface area contributed by atoms with E-state index in [2.05, 4.69) is 15.9 Å². The first-order valence-corrected chi connectivity index (χ1v) is 9.56. The Morgan fingerprint density at radius 3 is 2.33 bits per heavy atom. The van der Waals surface area contributed by atoms with E-state index in [0.717, 1.165) is 0 Å². The third-order valence-corrected chi connectivity index (χ3v) is 5.14. The van der Waals surface area contributed by atoms with Crippen molar-refractivity contribution < 1.29 is 27.6 Å². The van der Waals surface area contributed by atoms with Crippen molar-refractivity contribution in [2.75, 3.05) is 19.8 Å². The Balaban J connectivity index is 3.02. The van der Waals surface area contributed by atoms with Gasteiger partial charge in [-0.25, -0.2) is 4.79 Å². The Labute approximate surface area is 132 Å². The van der Waals surface area contributed by atoms with Gasteiger partial charge in [0.15, 0.2) is 0 Å². The monoisotopic (exact) mass is 382 g/mol. The molecule has 0 atom stereocenters. The van der Waals surface area contributed by atoms with Crippen LogP contribution in [0.1, 0.15) is 42.5 Å². The minimum Gasteiger partial charge on any atom is -0.467 e. The zero-order valence-electron chi connectivity index (χ0n) is 12.4. The minimum atomic E-state index is -3.28. The van der Waals surface area contributed by atoms with Crippen LogP contribution in [-0.2, 0) is 29.8 Å². The molecule has 1 aromatic rings. The summed E-state index contributed by atoms with van der Waals surface area (Å²) in [6, 6.07) is 0. The molecule has 0 fully saturated rings. The molecule has 0 aliphatic carbocycles. The fourth-order valence-electron chi connectivity index (χ4n) is 1.78. The van der Waals surface area contributed by atoms with E-state index in [4.69, 9.17) is 18.2 Å². The normalized spacial score (nSPS) is 11.6. The second kappa shape index (κ2) is 8.73. The van der Waals surface area contributed by atoms with Gasteiger partial charge in [-0.2, -0.15) is 0 Å². The first-order chi connectivity index (χ1) is 10.0. The minimum absolute atomic E-state index is 0.0188. The van der Waals surface area contributed by atoms with Crippen LogP contribution in [0.3, 0.4) is 0 Å². The first-order valence-electron chi connectivity index (χ1n) is 6.71. The van der Waals surface area contributed by atoms with Gasteiger partial charge in [0, 0.05) is 10.9 Å². The summed E-state index contributed by atoms with van der Waals surface area (Å²) in [5.74, 6) is -0.0650. The van der Waals surface area contributed by atoms with E-state index in [1.54, 1.807) is 20.8 Å². The summed E-state index contributed by atoms with van der Waals surface area (Å²) >= 11 is 3.30. The van der Waals surface area contributed by atoms with Gasteiger partial charge in [0.1, 0.15) is 23.7 Å². The van der Waals surface area contributed by atoms with Crippen LogP contribution in [0, 0.1) is 0 Å². The topological polar surface area (TPSA) is 75.0 Å². The van der Waals surface area contributed by atoms with E-state index >= 15 is 0 Å². The Kier molecular flexibility index (Phi) is 7.66. The highest BCUT2D eigenvalue weighted by atomic mass is 79.9. The number of alkyl halides is 1. The molecule has 6 nitrogen and oxygen atoms in total.